The van der Waals surface area contributed by atoms with E-state index in [1.807, 2.05) is 0 Å². The van der Waals surface area contributed by atoms with E-state index in [4.69, 9.17) is 0 Å². The van der Waals surface area contributed by atoms with Gasteiger partial charge in [0.1, 0.15) is 0 Å². The Morgan fingerprint density at radius 3 is 1.95 bits per heavy atom. The molecule has 0 radical (unpaired) electrons. The van der Waals surface area contributed by atoms with Crippen molar-refractivity contribution in [1.82, 2.24) is 5.32 Å². The van der Waals surface area contributed by atoms with Crippen molar-refractivity contribution in [3.8, 4) is 0 Å². The SMILES string of the molecule is CCCC=CC(C)(C)NCCCCCCCCCC. The van der Waals surface area contributed by atoms with Crippen LogP contribution in [0.4, 0.5) is 0 Å². The maximum absolute atomic E-state index is 3.64. The second kappa shape index (κ2) is 12.7. The quantitative estimate of drug-likeness (QED) is 0.326. The molecule has 0 bridgehead atoms. The topological polar surface area (TPSA) is 12.0 Å². The summed E-state index contributed by atoms with van der Waals surface area (Å²) in [7, 11) is 0. The molecule has 1 N–H and O–H groups in total. The van der Waals surface area contributed by atoms with Crippen molar-refractivity contribution in [2.45, 2.75) is 97.4 Å². The second-order valence-electron chi connectivity index (χ2n) is 6.31. The highest BCUT2D eigenvalue weighted by Gasteiger charge is 2.10. The maximum Gasteiger partial charge on any atom is 0.0307 e. The Morgan fingerprint density at radius 1 is 0.789 bits per heavy atom. The smallest absolute Gasteiger partial charge is 0.0307 e. The predicted octanol–water partition coefficient (Wildman–Crippen LogP) is 5.85. The van der Waals surface area contributed by atoms with E-state index in [0.717, 1.165) is 6.54 Å². The molecule has 0 heterocycles. The van der Waals surface area contributed by atoms with E-state index in [2.05, 4.69) is 45.2 Å². The maximum atomic E-state index is 3.64. The van der Waals surface area contributed by atoms with Crippen LogP contribution in [0.25, 0.3) is 0 Å². The highest BCUT2D eigenvalue weighted by atomic mass is 14.9. The van der Waals surface area contributed by atoms with Crippen LogP contribution in [0.5, 0.6) is 0 Å². The molecule has 0 aliphatic carbocycles. The zero-order valence-corrected chi connectivity index (χ0v) is 13.9. The molecule has 1 heteroatoms. The molecule has 0 unspecified atom stereocenters. The molecule has 0 aliphatic heterocycles. The molecule has 0 aromatic rings. The van der Waals surface area contributed by atoms with Crippen LogP contribution in [0.15, 0.2) is 12.2 Å². The molecule has 0 fully saturated rings. The summed E-state index contributed by atoms with van der Waals surface area (Å²) in [6.45, 7) is 10.2. The van der Waals surface area contributed by atoms with Crippen LogP contribution in [0, 0.1) is 0 Å². The Hall–Kier alpha value is -0.300. The highest BCUT2D eigenvalue weighted by Crippen LogP contribution is 2.09. The van der Waals surface area contributed by atoms with Gasteiger partial charge in [-0.1, -0.05) is 77.4 Å². The van der Waals surface area contributed by atoms with Crippen molar-refractivity contribution in [1.29, 1.82) is 0 Å². The average molecular weight is 268 g/mol. The molecular weight excluding hydrogens is 230 g/mol. The summed E-state index contributed by atoms with van der Waals surface area (Å²) >= 11 is 0. The van der Waals surface area contributed by atoms with E-state index in [1.165, 1.54) is 64.2 Å². The summed E-state index contributed by atoms with van der Waals surface area (Å²) in [5.41, 5.74) is 0.163. The normalized spacial score (nSPS) is 12.4. The summed E-state index contributed by atoms with van der Waals surface area (Å²) in [5.74, 6) is 0. The fraction of sp³-hybridized carbons (Fsp3) is 0.889. The van der Waals surface area contributed by atoms with Gasteiger partial charge in [-0.25, -0.2) is 0 Å². The van der Waals surface area contributed by atoms with Gasteiger partial charge in [0, 0.05) is 5.54 Å². The third-order valence-electron chi connectivity index (χ3n) is 3.60. The summed E-state index contributed by atoms with van der Waals surface area (Å²) in [4.78, 5) is 0. The summed E-state index contributed by atoms with van der Waals surface area (Å²) in [5, 5.41) is 3.64. The van der Waals surface area contributed by atoms with E-state index >= 15 is 0 Å². The van der Waals surface area contributed by atoms with E-state index in [-0.39, 0.29) is 5.54 Å². The standard InChI is InChI=1S/C18H37N/c1-5-7-9-10-11-12-13-15-17-19-18(3,4)16-14-8-6-2/h14,16,19H,5-13,15,17H2,1-4H3. The zero-order chi connectivity index (χ0) is 14.4. The largest absolute Gasteiger partial charge is 0.308 e. The van der Waals surface area contributed by atoms with Gasteiger partial charge in [-0.2, -0.15) is 0 Å². The third kappa shape index (κ3) is 13.9. The van der Waals surface area contributed by atoms with Crippen LogP contribution in [0.3, 0.4) is 0 Å². The lowest BCUT2D eigenvalue weighted by Gasteiger charge is -2.22. The first-order chi connectivity index (χ1) is 9.12. The molecule has 0 saturated heterocycles. The van der Waals surface area contributed by atoms with Crippen molar-refractivity contribution in [3.05, 3.63) is 12.2 Å². The van der Waals surface area contributed by atoms with E-state index < -0.39 is 0 Å². The fourth-order valence-electron chi connectivity index (χ4n) is 2.27. The molecule has 0 atom stereocenters. The number of hydrogen-bond acceptors (Lipinski definition) is 1. The minimum Gasteiger partial charge on any atom is -0.308 e. The van der Waals surface area contributed by atoms with Crippen molar-refractivity contribution in [2.75, 3.05) is 6.54 Å². The molecule has 19 heavy (non-hydrogen) atoms. The molecule has 0 amide bonds. The summed E-state index contributed by atoms with van der Waals surface area (Å²) in [6, 6.07) is 0. The lowest BCUT2D eigenvalue weighted by atomic mass is 10.0. The molecular formula is C18H37N. The molecule has 0 saturated carbocycles. The van der Waals surface area contributed by atoms with Gasteiger partial charge in [0.2, 0.25) is 0 Å². The van der Waals surface area contributed by atoms with Crippen molar-refractivity contribution in [3.63, 3.8) is 0 Å². The molecule has 0 aromatic heterocycles. The van der Waals surface area contributed by atoms with Gasteiger partial charge < -0.3 is 5.32 Å². The highest BCUT2D eigenvalue weighted by molar-refractivity contribution is 5.00. The number of unbranched alkanes of at least 4 members (excludes halogenated alkanes) is 8. The van der Waals surface area contributed by atoms with Gasteiger partial charge in [-0.15, -0.1) is 0 Å². The van der Waals surface area contributed by atoms with Gasteiger partial charge in [0.05, 0.1) is 0 Å². The van der Waals surface area contributed by atoms with E-state index in [9.17, 15) is 0 Å². The zero-order valence-electron chi connectivity index (χ0n) is 13.9. The van der Waals surface area contributed by atoms with E-state index in [1.54, 1.807) is 0 Å². The number of nitrogens with one attached hydrogen (secondary N) is 1. The first kappa shape index (κ1) is 18.7. The summed E-state index contributed by atoms with van der Waals surface area (Å²) in [6.07, 6.45) is 18.3. The molecule has 1 nitrogen and oxygen atoms in total. The number of allylic oxidation sites excluding steroid dienone is 1. The van der Waals surface area contributed by atoms with E-state index in [0.29, 0.717) is 0 Å². The lowest BCUT2D eigenvalue weighted by Crippen LogP contribution is -2.37. The molecule has 0 rings (SSSR count). The lowest BCUT2D eigenvalue weighted by molar-refractivity contribution is 0.455. The first-order valence-electron chi connectivity index (χ1n) is 8.55. The molecule has 0 aromatic carbocycles. The Morgan fingerprint density at radius 2 is 1.37 bits per heavy atom. The molecule has 0 spiro atoms. The Bertz CT molecular complexity index is 206. The minimum absolute atomic E-state index is 0.163. The van der Waals surface area contributed by atoms with Gasteiger partial charge in [-0.05, 0) is 33.2 Å². The van der Waals surface area contributed by atoms with Crippen molar-refractivity contribution >= 4 is 0 Å². The Labute approximate surface area is 122 Å². The Kier molecular flexibility index (Phi) is 12.5. The van der Waals surface area contributed by atoms with Gasteiger partial charge in [0.15, 0.2) is 0 Å². The Balaban J connectivity index is 3.37. The molecule has 114 valence electrons. The average Bonchev–Trinajstić information content (AvgIpc) is 2.37. The predicted molar refractivity (Wildman–Crippen MR) is 88.7 cm³/mol. The minimum atomic E-state index is 0.163. The second-order valence-corrected chi connectivity index (χ2v) is 6.31. The third-order valence-corrected chi connectivity index (χ3v) is 3.60. The van der Waals surface area contributed by atoms with Gasteiger partial charge in [-0.3, -0.25) is 0 Å². The number of hydrogen-bond donors (Lipinski definition) is 1. The van der Waals surface area contributed by atoms with Crippen molar-refractivity contribution in [2.24, 2.45) is 0 Å². The van der Waals surface area contributed by atoms with Crippen LogP contribution in [-0.2, 0) is 0 Å². The van der Waals surface area contributed by atoms with Crippen molar-refractivity contribution < 1.29 is 0 Å². The summed E-state index contributed by atoms with van der Waals surface area (Å²) < 4.78 is 0. The van der Waals surface area contributed by atoms with Gasteiger partial charge >= 0.3 is 0 Å². The van der Waals surface area contributed by atoms with Crippen LogP contribution >= 0.6 is 0 Å². The molecule has 0 aliphatic rings. The van der Waals surface area contributed by atoms with Crippen LogP contribution < -0.4 is 5.32 Å². The van der Waals surface area contributed by atoms with Gasteiger partial charge in [0.25, 0.3) is 0 Å². The van der Waals surface area contributed by atoms with Crippen LogP contribution in [0.1, 0.15) is 91.9 Å². The van der Waals surface area contributed by atoms with Crippen LogP contribution in [-0.4, -0.2) is 12.1 Å². The first-order valence-corrected chi connectivity index (χ1v) is 8.55. The fourth-order valence-corrected chi connectivity index (χ4v) is 2.27. The van der Waals surface area contributed by atoms with Crippen LogP contribution in [0.2, 0.25) is 0 Å². The monoisotopic (exact) mass is 267 g/mol. The number of rotatable bonds is 13.